The second-order valence-electron chi connectivity index (χ2n) is 6.37. The first-order valence-electron chi connectivity index (χ1n) is 7.67. The Morgan fingerprint density at radius 3 is 2.05 bits per heavy atom. The molecule has 0 amide bonds. The fourth-order valence-electron chi connectivity index (χ4n) is 2.46. The van der Waals surface area contributed by atoms with E-state index in [0.29, 0.717) is 18.8 Å². The first-order valence-corrected chi connectivity index (χ1v) is 9.28. The van der Waals surface area contributed by atoms with Gasteiger partial charge in [0.2, 0.25) is 10.0 Å². The van der Waals surface area contributed by atoms with Crippen molar-refractivity contribution in [1.29, 1.82) is 0 Å². The highest BCUT2D eigenvalue weighted by atomic mass is 32.2. The molecule has 0 aliphatic carbocycles. The molecule has 4 nitrogen and oxygen atoms in total. The van der Waals surface area contributed by atoms with Gasteiger partial charge in [-0.05, 0) is 6.42 Å². The Kier molecular flexibility index (Phi) is 6.77. The fraction of sp³-hybridized carbons (Fsp3) is 1.00. The summed E-state index contributed by atoms with van der Waals surface area (Å²) >= 11 is 0. The normalized spacial score (nSPS) is 20.6. The molecule has 0 radical (unpaired) electrons. The number of rotatable bonds is 8. The molecule has 0 atom stereocenters. The van der Waals surface area contributed by atoms with Crippen LogP contribution in [-0.4, -0.2) is 63.2 Å². The lowest BCUT2D eigenvalue weighted by molar-refractivity contribution is -0.893. The van der Waals surface area contributed by atoms with E-state index in [9.17, 15) is 8.42 Å². The van der Waals surface area contributed by atoms with E-state index in [1.807, 2.05) is 0 Å². The van der Waals surface area contributed by atoms with Crippen molar-refractivity contribution in [2.24, 2.45) is 0 Å². The molecule has 1 aliphatic rings. The summed E-state index contributed by atoms with van der Waals surface area (Å²) < 4.78 is 27.0. The minimum absolute atomic E-state index is 0.340. The molecule has 1 heterocycles. The number of hydrogen-bond donors (Lipinski definition) is 0. The van der Waals surface area contributed by atoms with Crippen molar-refractivity contribution in [3.63, 3.8) is 0 Å². The molecule has 0 aromatic rings. The molecule has 0 aromatic heterocycles. The van der Waals surface area contributed by atoms with Gasteiger partial charge < -0.3 is 4.48 Å². The van der Waals surface area contributed by atoms with Crippen LogP contribution in [0.5, 0.6) is 0 Å². The second kappa shape index (κ2) is 7.60. The summed E-state index contributed by atoms with van der Waals surface area (Å²) in [6.45, 7) is 5.42. The van der Waals surface area contributed by atoms with E-state index < -0.39 is 10.0 Å². The summed E-state index contributed by atoms with van der Waals surface area (Å²) in [5.41, 5.74) is 0. The number of hydrogen-bond acceptors (Lipinski definition) is 2. The summed E-state index contributed by atoms with van der Waals surface area (Å²) in [5, 5.41) is 0. The number of piperazine rings is 1. The number of quaternary nitrogens is 1. The second-order valence-corrected chi connectivity index (χ2v) is 8.45. The molecule has 0 bridgehead atoms. The van der Waals surface area contributed by atoms with Gasteiger partial charge >= 0.3 is 0 Å². The van der Waals surface area contributed by atoms with Crippen LogP contribution >= 0.6 is 0 Å². The van der Waals surface area contributed by atoms with Gasteiger partial charge in [0.15, 0.2) is 0 Å². The zero-order chi connectivity index (χ0) is 14.4. The first-order chi connectivity index (χ1) is 8.87. The smallest absolute Gasteiger partial charge is 0.214 e. The molecular formula is C14H31N2O2S+. The highest BCUT2D eigenvalue weighted by Crippen LogP contribution is 2.13. The van der Waals surface area contributed by atoms with Crippen LogP contribution in [0.15, 0.2) is 0 Å². The largest absolute Gasteiger partial charge is 0.326 e. The number of nitrogens with zero attached hydrogens (tertiary/aromatic N) is 2. The van der Waals surface area contributed by atoms with Crippen molar-refractivity contribution in [3.8, 4) is 0 Å². The third-order valence-corrected chi connectivity index (χ3v) is 6.02. The Labute approximate surface area is 119 Å². The van der Waals surface area contributed by atoms with E-state index >= 15 is 0 Å². The van der Waals surface area contributed by atoms with Gasteiger partial charge in [-0.15, -0.1) is 0 Å². The van der Waals surface area contributed by atoms with Gasteiger partial charge in [0, 0.05) is 0 Å². The van der Waals surface area contributed by atoms with E-state index in [2.05, 4.69) is 21.0 Å². The average Bonchev–Trinajstić information content (AvgIpc) is 2.33. The third kappa shape index (κ3) is 6.23. The zero-order valence-corrected chi connectivity index (χ0v) is 13.7. The molecule has 5 heteroatoms. The van der Waals surface area contributed by atoms with Gasteiger partial charge in [-0.3, -0.25) is 0 Å². The Morgan fingerprint density at radius 1 is 0.947 bits per heavy atom. The maximum atomic E-state index is 12.2. The lowest BCUT2D eigenvalue weighted by atomic mass is 10.1. The van der Waals surface area contributed by atoms with Crippen molar-refractivity contribution in [2.75, 3.05) is 46.0 Å². The van der Waals surface area contributed by atoms with Crippen molar-refractivity contribution in [2.45, 2.75) is 45.4 Å². The van der Waals surface area contributed by atoms with Crippen LogP contribution < -0.4 is 0 Å². The summed E-state index contributed by atoms with van der Waals surface area (Å²) in [6.07, 6.45) is 6.79. The van der Waals surface area contributed by atoms with Crippen molar-refractivity contribution in [3.05, 3.63) is 0 Å². The number of sulfonamides is 1. The number of likely N-dealkylation sites (N-methyl/N-ethyl adjacent to an activating group) is 1. The van der Waals surface area contributed by atoms with Crippen LogP contribution in [0.1, 0.15) is 45.4 Å². The molecule has 1 aliphatic heterocycles. The molecule has 19 heavy (non-hydrogen) atoms. The predicted molar refractivity (Wildman–Crippen MR) is 80.6 cm³/mol. The maximum absolute atomic E-state index is 12.2. The van der Waals surface area contributed by atoms with Crippen LogP contribution in [0.2, 0.25) is 0 Å². The molecule has 0 spiro atoms. The summed E-state index contributed by atoms with van der Waals surface area (Å²) in [5.74, 6) is 0.340. The molecule has 114 valence electrons. The van der Waals surface area contributed by atoms with Crippen LogP contribution in [0.3, 0.4) is 0 Å². The molecule has 0 unspecified atom stereocenters. The van der Waals surface area contributed by atoms with Gasteiger partial charge in [0.25, 0.3) is 0 Å². The van der Waals surface area contributed by atoms with E-state index in [1.54, 1.807) is 4.31 Å². The van der Waals surface area contributed by atoms with Crippen molar-refractivity contribution in [1.82, 2.24) is 4.31 Å². The van der Waals surface area contributed by atoms with E-state index in [-0.39, 0.29) is 0 Å². The SMILES string of the molecule is CCCCCCCCS(=O)(=O)N1CC[N+](C)(C)CC1. The van der Waals surface area contributed by atoms with Crippen LogP contribution in [0.4, 0.5) is 0 Å². The minimum Gasteiger partial charge on any atom is -0.326 e. The molecule has 0 N–H and O–H groups in total. The molecule has 0 saturated carbocycles. The summed E-state index contributed by atoms with van der Waals surface area (Å²) in [7, 11) is 1.33. The molecule has 0 aromatic carbocycles. The third-order valence-electron chi connectivity index (χ3n) is 4.06. The number of unbranched alkanes of at least 4 members (excludes halogenated alkanes) is 5. The maximum Gasteiger partial charge on any atom is 0.214 e. The Hall–Kier alpha value is -0.130. The van der Waals surface area contributed by atoms with E-state index in [0.717, 1.165) is 30.4 Å². The minimum atomic E-state index is -3.00. The van der Waals surface area contributed by atoms with Gasteiger partial charge in [0.1, 0.15) is 0 Å². The van der Waals surface area contributed by atoms with Gasteiger partial charge in [-0.25, -0.2) is 8.42 Å². The lowest BCUT2D eigenvalue weighted by Gasteiger charge is -2.38. The van der Waals surface area contributed by atoms with Gasteiger partial charge in [-0.2, -0.15) is 4.31 Å². The average molecular weight is 291 g/mol. The fourth-order valence-corrected chi connectivity index (χ4v) is 4.01. The van der Waals surface area contributed by atoms with E-state index in [1.165, 1.54) is 25.7 Å². The predicted octanol–water partition coefficient (Wildman–Crippen LogP) is 2.07. The van der Waals surface area contributed by atoms with Crippen molar-refractivity contribution >= 4 is 10.0 Å². The summed E-state index contributed by atoms with van der Waals surface area (Å²) in [4.78, 5) is 0. The topological polar surface area (TPSA) is 37.4 Å². The van der Waals surface area contributed by atoms with Gasteiger partial charge in [-0.1, -0.05) is 39.0 Å². The Bertz CT molecular complexity index is 342. The summed E-state index contributed by atoms with van der Waals surface area (Å²) in [6, 6.07) is 0. The van der Waals surface area contributed by atoms with Gasteiger partial charge in [0.05, 0.1) is 46.0 Å². The Balaban J connectivity index is 2.25. The standard InChI is InChI=1S/C14H31N2O2S/c1-4-5-6-7-8-9-14-19(17,18)15-10-12-16(2,3)13-11-15/h4-14H2,1-3H3/q+1. The first kappa shape index (κ1) is 16.9. The molecule has 1 fully saturated rings. The highest BCUT2D eigenvalue weighted by Gasteiger charge is 2.31. The zero-order valence-electron chi connectivity index (χ0n) is 12.9. The quantitative estimate of drug-likeness (QED) is 0.507. The molecule has 1 rings (SSSR count). The molecule has 1 saturated heterocycles. The van der Waals surface area contributed by atoms with Crippen LogP contribution in [-0.2, 0) is 10.0 Å². The van der Waals surface area contributed by atoms with Crippen LogP contribution in [0.25, 0.3) is 0 Å². The highest BCUT2D eigenvalue weighted by molar-refractivity contribution is 7.89. The van der Waals surface area contributed by atoms with Crippen molar-refractivity contribution < 1.29 is 12.9 Å². The van der Waals surface area contributed by atoms with E-state index in [4.69, 9.17) is 0 Å². The Morgan fingerprint density at radius 2 is 1.47 bits per heavy atom. The molecular weight excluding hydrogens is 260 g/mol. The lowest BCUT2D eigenvalue weighted by Crippen LogP contribution is -2.56. The monoisotopic (exact) mass is 291 g/mol. The van der Waals surface area contributed by atoms with Crippen LogP contribution in [0, 0.1) is 0 Å².